The molecule has 186 valence electrons. The molecule has 0 aromatic heterocycles. The van der Waals surface area contributed by atoms with Crippen molar-refractivity contribution in [2.75, 3.05) is 36.0 Å². The van der Waals surface area contributed by atoms with Crippen molar-refractivity contribution in [3.05, 3.63) is 95.1 Å². The number of fused-ring (bicyclic) bond motifs is 4. The number of nitrogens with zero attached hydrogens (tertiary/aromatic N) is 3. The fraction of sp³-hybridized carbons (Fsp3) is 0.345. The molecule has 0 aliphatic carbocycles. The van der Waals surface area contributed by atoms with Gasteiger partial charge in [0.05, 0.1) is 17.5 Å². The highest BCUT2D eigenvalue weighted by molar-refractivity contribution is 5.83. The lowest BCUT2D eigenvalue weighted by atomic mass is 9.82. The molecular weight excluding hydrogens is 463 g/mol. The first-order valence-corrected chi connectivity index (χ1v) is 12.5. The molecule has 0 unspecified atom stereocenters. The second-order valence-electron chi connectivity index (χ2n) is 9.97. The first-order chi connectivity index (χ1) is 17.4. The Labute approximate surface area is 208 Å². The zero-order valence-corrected chi connectivity index (χ0v) is 19.9. The Bertz CT molecular complexity index is 1280. The van der Waals surface area contributed by atoms with Gasteiger partial charge in [0.2, 0.25) is 5.91 Å². The molecule has 0 radical (unpaired) electrons. The second kappa shape index (κ2) is 8.87. The predicted molar refractivity (Wildman–Crippen MR) is 134 cm³/mol. The third kappa shape index (κ3) is 4.10. The molecule has 0 bridgehead atoms. The highest BCUT2D eigenvalue weighted by Gasteiger charge is 2.44. The topological polar surface area (TPSA) is 26.8 Å². The number of hydrogen-bond donors (Lipinski definition) is 0. The lowest BCUT2D eigenvalue weighted by Crippen LogP contribution is -2.61. The number of rotatable bonds is 2. The van der Waals surface area contributed by atoms with Crippen LogP contribution in [0.25, 0.3) is 0 Å². The molecule has 1 fully saturated rings. The van der Waals surface area contributed by atoms with Gasteiger partial charge >= 0.3 is 6.18 Å². The molecule has 3 heterocycles. The number of amides is 1. The predicted octanol–water partition coefficient (Wildman–Crippen LogP) is 5.16. The van der Waals surface area contributed by atoms with Crippen LogP contribution in [0.15, 0.2) is 72.8 Å². The van der Waals surface area contributed by atoms with Gasteiger partial charge in [-0.25, -0.2) is 0 Å². The summed E-state index contributed by atoms with van der Waals surface area (Å²) in [5, 5.41) is 0. The Balaban J connectivity index is 1.34. The Morgan fingerprint density at radius 1 is 0.833 bits per heavy atom. The third-order valence-electron chi connectivity index (χ3n) is 7.92. The summed E-state index contributed by atoms with van der Waals surface area (Å²) in [5.74, 6) is -0.366. The summed E-state index contributed by atoms with van der Waals surface area (Å²) in [5.41, 5.74) is 4.31. The largest absolute Gasteiger partial charge is 0.416 e. The minimum atomic E-state index is -4.41. The van der Waals surface area contributed by atoms with E-state index in [2.05, 4.69) is 34.1 Å². The first-order valence-electron chi connectivity index (χ1n) is 12.5. The summed E-state index contributed by atoms with van der Waals surface area (Å²) < 4.78 is 40.6. The average Bonchev–Trinajstić information content (AvgIpc) is 2.91. The van der Waals surface area contributed by atoms with Gasteiger partial charge < -0.3 is 14.7 Å². The van der Waals surface area contributed by atoms with E-state index in [0.29, 0.717) is 38.2 Å². The highest BCUT2D eigenvalue weighted by atomic mass is 19.4. The molecule has 0 N–H and O–H groups in total. The fourth-order valence-electron chi connectivity index (χ4n) is 6.08. The lowest BCUT2D eigenvalue weighted by Gasteiger charge is -2.50. The van der Waals surface area contributed by atoms with E-state index in [1.807, 2.05) is 35.2 Å². The molecule has 7 heteroatoms. The van der Waals surface area contributed by atoms with E-state index >= 15 is 0 Å². The zero-order chi connectivity index (χ0) is 24.9. The van der Waals surface area contributed by atoms with Crippen LogP contribution in [0.2, 0.25) is 0 Å². The van der Waals surface area contributed by atoms with Gasteiger partial charge in [-0.05, 0) is 59.9 Å². The van der Waals surface area contributed by atoms with Crippen LogP contribution in [0, 0.1) is 5.92 Å². The summed E-state index contributed by atoms with van der Waals surface area (Å²) in [6.45, 7) is 3.25. The van der Waals surface area contributed by atoms with Crippen molar-refractivity contribution in [2.45, 2.75) is 31.6 Å². The van der Waals surface area contributed by atoms with Gasteiger partial charge in [-0.1, -0.05) is 42.5 Å². The molecule has 3 aromatic rings. The lowest BCUT2D eigenvalue weighted by molar-refractivity contribution is -0.137. The van der Waals surface area contributed by atoms with Crippen molar-refractivity contribution in [3.8, 4) is 0 Å². The van der Waals surface area contributed by atoms with Gasteiger partial charge in [-0.2, -0.15) is 13.2 Å². The van der Waals surface area contributed by atoms with Crippen LogP contribution < -0.4 is 9.80 Å². The van der Waals surface area contributed by atoms with Crippen LogP contribution in [0.5, 0.6) is 0 Å². The van der Waals surface area contributed by atoms with Gasteiger partial charge in [0.1, 0.15) is 0 Å². The van der Waals surface area contributed by atoms with E-state index in [0.717, 1.165) is 29.9 Å². The van der Waals surface area contributed by atoms with Crippen LogP contribution in [-0.4, -0.2) is 43.0 Å². The Morgan fingerprint density at radius 2 is 1.58 bits per heavy atom. The Morgan fingerprint density at radius 3 is 2.36 bits per heavy atom. The van der Waals surface area contributed by atoms with Gasteiger partial charge in [0.25, 0.3) is 0 Å². The summed E-state index contributed by atoms with van der Waals surface area (Å²) in [6.07, 6.45) is -3.29. The minimum absolute atomic E-state index is 0.0393. The van der Waals surface area contributed by atoms with Crippen LogP contribution in [0.3, 0.4) is 0 Å². The summed E-state index contributed by atoms with van der Waals surface area (Å²) in [7, 11) is 0. The van der Waals surface area contributed by atoms with Crippen molar-refractivity contribution in [3.63, 3.8) is 0 Å². The third-order valence-corrected chi connectivity index (χ3v) is 7.92. The van der Waals surface area contributed by atoms with Crippen LogP contribution >= 0.6 is 0 Å². The van der Waals surface area contributed by atoms with Crippen molar-refractivity contribution in [2.24, 2.45) is 5.92 Å². The van der Waals surface area contributed by atoms with E-state index < -0.39 is 17.7 Å². The molecule has 3 aromatic carbocycles. The van der Waals surface area contributed by atoms with E-state index in [9.17, 15) is 18.0 Å². The van der Waals surface area contributed by atoms with Crippen LogP contribution in [0.1, 0.15) is 22.3 Å². The van der Waals surface area contributed by atoms with Crippen LogP contribution in [-0.2, 0) is 30.4 Å². The number of carbonyl (C=O) groups is 1. The molecule has 6 rings (SSSR count). The van der Waals surface area contributed by atoms with Crippen molar-refractivity contribution in [1.29, 1.82) is 0 Å². The maximum atomic E-state index is 14.0. The fourth-order valence-corrected chi connectivity index (χ4v) is 6.08. The molecule has 3 aliphatic rings. The van der Waals surface area contributed by atoms with Crippen molar-refractivity contribution >= 4 is 17.3 Å². The first kappa shape index (κ1) is 23.0. The maximum absolute atomic E-state index is 14.0. The smallest absolute Gasteiger partial charge is 0.368 e. The number of carbonyl (C=O) groups excluding carboxylic acids is 1. The van der Waals surface area contributed by atoms with Gasteiger partial charge in [-0.15, -0.1) is 0 Å². The number of benzene rings is 3. The number of para-hydroxylation sites is 1. The molecule has 1 saturated heterocycles. The Hall–Kier alpha value is -3.48. The number of anilines is 2. The molecule has 3 aliphatic heterocycles. The molecule has 1 amide bonds. The standard InChI is InChI=1S/C29H28F3N3O/c30-29(31,32)23-10-11-26-22(16-23)17-25(28(36)34-13-12-20-6-4-5-7-21(20)18-34)27-19-33(14-15-35(26)27)24-8-2-1-3-9-24/h1-11,16,25,27H,12-15,17-19H2/t25-,27-/m0/s1. The summed E-state index contributed by atoms with van der Waals surface area (Å²) in [6, 6.07) is 22.2. The number of halogens is 3. The van der Waals surface area contributed by atoms with E-state index in [4.69, 9.17) is 0 Å². The quantitative estimate of drug-likeness (QED) is 0.496. The zero-order valence-electron chi connectivity index (χ0n) is 19.9. The number of alkyl halides is 3. The average molecular weight is 492 g/mol. The summed E-state index contributed by atoms with van der Waals surface area (Å²) >= 11 is 0. The minimum Gasteiger partial charge on any atom is -0.368 e. The van der Waals surface area contributed by atoms with Gasteiger partial charge in [-0.3, -0.25) is 4.79 Å². The summed E-state index contributed by atoms with van der Waals surface area (Å²) in [4.78, 5) is 20.4. The molecule has 36 heavy (non-hydrogen) atoms. The highest BCUT2D eigenvalue weighted by Crippen LogP contribution is 2.41. The molecule has 0 saturated carbocycles. The second-order valence-corrected chi connectivity index (χ2v) is 9.97. The monoisotopic (exact) mass is 491 g/mol. The molecule has 0 spiro atoms. The van der Waals surface area contributed by atoms with Gasteiger partial charge in [0.15, 0.2) is 0 Å². The molecule has 4 nitrogen and oxygen atoms in total. The van der Waals surface area contributed by atoms with Crippen molar-refractivity contribution < 1.29 is 18.0 Å². The Kier molecular flexibility index (Phi) is 5.66. The number of piperazine rings is 1. The molecule has 2 atom stereocenters. The SMILES string of the molecule is O=C([C@H]1Cc2cc(C(F)(F)F)ccc2N2CCN(c3ccccc3)C[C@@H]12)N1CCc2ccccc2C1. The normalized spacial score (nSPS) is 21.5. The maximum Gasteiger partial charge on any atom is 0.416 e. The van der Waals surface area contributed by atoms with Gasteiger partial charge in [0, 0.05) is 44.1 Å². The van der Waals surface area contributed by atoms with E-state index in [1.54, 1.807) is 6.07 Å². The number of hydrogen-bond acceptors (Lipinski definition) is 3. The van der Waals surface area contributed by atoms with E-state index in [1.165, 1.54) is 17.7 Å². The van der Waals surface area contributed by atoms with Crippen molar-refractivity contribution in [1.82, 2.24) is 4.90 Å². The molecular formula is C29H28F3N3O. The van der Waals surface area contributed by atoms with E-state index in [-0.39, 0.29) is 11.9 Å². The van der Waals surface area contributed by atoms with Crippen LogP contribution in [0.4, 0.5) is 24.5 Å².